The molecule has 1 saturated heterocycles. The summed E-state index contributed by atoms with van der Waals surface area (Å²) in [6, 6.07) is 16.9. The molecule has 4 rings (SSSR count). The van der Waals surface area contributed by atoms with E-state index in [1.54, 1.807) is 19.4 Å². The molecule has 0 N–H and O–H groups in total. The van der Waals surface area contributed by atoms with Gasteiger partial charge in [0, 0.05) is 45.0 Å². The van der Waals surface area contributed by atoms with Crippen molar-refractivity contribution in [1.82, 2.24) is 14.9 Å². The molecule has 5 heteroatoms. The number of anilines is 1. The van der Waals surface area contributed by atoms with E-state index in [1.807, 2.05) is 0 Å². The van der Waals surface area contributed by atoms with Crippen molar-refractivity contribution in [3.05, 3.63) is 60.3 Å². The van der Waals surface area contributed by atoms with Crippen molar-refractivity contribution in [1.29, 1.82) is 0 Å². The summed E-state index contributed by atoms with van der Waals surface area (Å²) in [4.78, 5) is 13.5. The molecule has 0 amide bonds. The number of aromatic nitrogens is 2. The molecule has 0 bridgehead atoms. The average Bonchev–Trinajstić information content (AvgIpc) is 2.69. The summed E-state index contributed by atoms with van der Waals surface area (Å²) in [6.07, 6.45) is 1.75. The summed E-state index contributed by atoms with van der Waals surface area (Å²) in [5.74, 6) is 1.37. The molecule has 0 aliphatic carbocycles. The highest BCUT2D eigenvalue weighted by molar-refractivity contribution is 5.85. The molecule has 0 spiro atoms. The van der Waals surface area contributed by atoms with Crippen molar-refractivity contribution >= 4 is 16.7 Å². The third-order valence-electron chi connectivity index (χ3n) is 4.76. The molecule has 0 unspecified atom stereocenters. The maximum atomic E-state index is 5.20. The van der Waals surface area contributed by atoms with Gasteiger partial charge in [-0.3, -0.25) is 4.90 Å². The third-order valence-corrected chi connectivity index (χ3v) is 4.76. The van der Waals surface area contributed by atoms with E-state index in [0.29, 0.717) is 5.88 Å². The Morgan fingerprint density at radius 1 is 0.960 bits per heavy atom. The second-order valence-electron chi connectivity index (χ2n) is 6.30. The van der Waals surface area contributed by atoms with Gasteiger partial charge in [0.15, 0.2) is 0 Å². The van der Waals surface area contributed by atoms with Crippen LogP contribution in [0.1, 0.15) is 5.56 Å². The van der Waals surface area contributed by atoms with Gasteiger partial charge in [-0.1, -0.05) is 42.5 Å². The van der Waals surface area contributed by atoms with Crippen molar-refractivity contribution in [2.45, 2.75) is 6.54 Å². The zero-order valence-electron chi connectivity index (χ0n) is 14.4. The number of fused-ring (bicyclic) bond motifs is 1. The topological polar surface area (TPSA) is 41.5 Å². The monoisotopic (exact) mass is 334 g/mol. The molecule has 128 valence electrons. The third kappa shape index (κ3) is 3.42. The Bertz CT molecular complexity index is 854. The quantitative estimate of drug-likeness (QED) is 0.734. The smallest absolute Gasteiger partial charge is 0.228 e. The fraction of sp³-hybridized carbons (Fsp3) is 0.300. The van der Waals surface area contributed by atoms with Crippen molar-refractivity contribution in [2.24, 2.45) is 0 Å². The van der Waals surface area contributed by atoms with Gasteiger partial charge in [0.25, 0.3) is 0 Å². The number of benzene rings is 2. The van der Waals surface area contributed by atoms with Gasteiger partial charge in [0.2, 0.25) is 11.8 Å². The molecule has 0 saturated carbocycles. The number of methoxy groups -OCH3 is 1. The van der Waals surface area contributed by atoms with E-state index < -0.39 is 0 Å². The molecule has 0 radical (unpaired) electrons. The van der Waals surface area contributed by atoms with Gasteiger partial charge in [0.1, 0.15) is 0 Å². The maximum Gasteiger partial charge on any atom is 0.228 e. The minimum absolute atomic E-state index is 0.614. The molecule has 0 atom stereocenters. The van der Waals surface area contributed by atoms with Crippen LogP contribution in [0.3, 0.4) is 0 Å². The highest BCUT2D eigenvalue weighted by atomic mass is 16.5. The minimum atomic E-state index is 0.614. The lowest BCUT2D eigenvalue weighted by Crippen LogP contribution is -2.46. The SMILES string of the molecule is COc1ccnc(N2CCN(Cc3cccc4ccccc34)CC2)n1. The van der Waals surface area contributed by atoms with Gasteiger partial charge in [-0.25, -0.2) is 4.98 Å². The Balaban J connectivity index is 1.43. The molecule has 2 heterocycles. The number of nitrogens with zero attached hydrogens (tertiary/aromatic N) is 4. The predicted octanol–water partition coefficient (Wildman–Crippen LogP) is 2.96. The Hall–Kier alpha value is -2.66. The van der Waals surface area contributed by atoms with E-state index in [4.69, 9.17) is 4.74 Å². The zero-order chi connectivity index (χ0) is 17.1. The molecule has 2 aromatic carbocycles. The van der Waals surface area contributed by atoms with Crippen LogP contribution >= 0.6 is 0 Å². The van der Waals surface area contributed by atoms with Crippen LogP contribution in [0.4, 0.5) is 5.95 Å². The molecule has 1 fully saturated rings. The highest BCUT2D eigenvalue weighted by Gasteiger charge is 2.19. The lowest BCUT2D eigenvalue weighted by Gasteiger charge is -2.34. The van der Waals surface area contributed by atoms with E-state index >= 15 is 0 Å². The van der Waals surface area contributed by atoms with Crippen molar-refractivity contribution in [3.8, 4) is 5.88 Å². The molecule has 3 aromatic rings. The van der Waals surface area contributed by atoms with Crippen LogP contribution in [-0.2, 0) is 6.54 Å². The highest BCUT2D eigenvalue weighted by Crippen LogP contribution is 2.21. The van der Waals surface area contributed by atoms with E-state index in [9.17, 15) is 0 Å². The van der Waals surface area contributed by atoms with Crippen molar-refractivity contribution in [2.75, 3.05) is 38.2 Å². The van der Waals surface area contributed by atoms with Crippen LogP contribution in [0, 0.1) is 0 Å². The summed E-state index contributed by atoms with van der Waals surface area (Å²) in [5, 5.41) is 2.66. The van der Waals surface area contributed by atoms with E-state index in [0.717, 1.165) is 38.7 Å². The van der Waals surface area contributed by atoms with Gasteiger partial charge in [-0.15, -0.1) is 0 Å². The molecule has 1 aliphatic heterocycles. The van der Waals surface area contributed by atoms with Gasteiger partial charge >= 0.3 is 0 Å². The zero-order valence-corrected chi connectivity index (χ0v) is 14.4. The summed E-state index contributed by atoms with van der Waals surface area (Å²) in [7, 11) is 1.63. The Kier molecular flexibility index (Phi) is 4.48. The molecule has 25 heavy (non-hydrogen) atoms. The Morgan fingerprint density at radius 2 is 1.76 bits per heavy atom. The Morgan fingerprint density at radius 3 is 2.60 bits per heavy atom. The van der Waals surface area contributed by atoms with Gasteiger partial charge in [-0.2, -0.15) is 4.98 Å². The van der Waals surface area contributed by atoms with Crippen LogP contribution in [0.2, 0.25) is 0 Å². The van der Waals surface area contributed by atoms with Crippen molar-refractivity contribution in [3.63, 3.8) is 0 Å². The molecule has 5 nitrogen and oxygen atoms in total. The average molecular weight is 334 g/mol. The molecular weight excluding hydrogens is 312 g/mol. The van der Waals surface area contributed by atoms with Crippen LogP contribution in [0.25, 0.3) is 10.8 Å². The van der Waals surface area contributed by atoms with Crippen LogP contribution in [0.5, 0.6) is 5.88 Å². The fourth-order valence-corrected chi connectivity index (χ4v) is 3.38. The van der Waals surface area contributed by atoms with E-state index in [-0.39, 0.29) is 0 Å². The molecule has 1 aliphatic rings. The summed E-state index contributed by atoms with van der Waals surface area (Å²) < 4.78 is 5.20. The van der Waals surface area contributed by atoms with Gasteiger partial charge < -0.3 is 9.64 Å². The first kappa shape index (κ1) is 15.8. The number of ether oxygens (including phenoxy) is 1. The van der Waals surface area contributed by atoms with E-state index in [2.05, 4.69) is 62.2 Å². The largest absolute Gasteiger partial charge is 0.481 e. The van der Waals surface area contributed by atoms with Crippen molar-refractivity contribution < 1.29 is 4.74 Å². The molecule has 1 aromatic heterocycles. The number of rotatable bonds is 4. The van der Waals surface area contributed by atoms with Crippen LogP contribution in [0.15, 0.2) is 54.7 Å². The first-order chi connectivity index (χ1) is 12.3. The first-order valence-electron chi connectivity index (χ1n) is 8.64. The molecular formula is C20H22N4O. The Labute approximate surface area is 147 Å². The normalized spacial score (nSPS) is 15.5. The number of piperazine rings is 1. The first-order valence-corrected chi connectivity index (χ1v) is 8.64. The second-order valence-corrected chi connectivity index (χ2v) is 6.30. The summed E-state index contributed by atoms with van der Waals surface area (Å²) in [5.41, 5.74) is 1.39. The maximum absolute atomic E-state index is 5.20. The fourth-order valence-electron chi connectivity index (χ4n) is 3.38. The van der Waals surface area contributed by atoms with E-state index in [1.165, 1.54) is 16.3 Å². The predicted molar refractivity (Wildman–Crippen MR) is 100 cm³/mol. The lowest BCUT2D eigenvalue weighted by molar-refractivity contribution is 0.249. The van der Waals surface area contributed by atoms with Crippen LogP contribution in [-0.4, -0.2) is 48.2 Å². The number of hydrogen-bond acceptors (Lipinski definition) is 5. The van der Waals surface area contributed by atoms with Gasteiger partial charge in [0.05, 0.1) is 7.11 Å². The standard InChI is InChI=1S/C20H22N4O/c1-25-19-9-10-21-20(22-19)24-13-11-23(12-14-24)15-17-7-4-6-16-5-2-3-8-18(16)17/h2-10H,11-15H2,1H3. The summed E-state index contributed by atoms with van der Waals surface area (Å²) >= 11 is 0. The number of hydrogen-bond donors (Lipinski definition) is 0. The van der Waals surface area contributed by atoms with Gasteiger partial charge in [-0.05, 0) is 16.3 Å². The second kappa shape index (κ2) is 7.07. The lowest BCUT2D eigenvalue weighted by atomic mass is 10.0. The minimum Gasteiger partial charge on any atom is -0.481 e. The summed E-state index contributed by atoms with van der Waals surface area (Å²) in [6.45, 7) is 4.84. The van der Waals surface area contributed by atoms with Crippen LogP contribution < -0.4 is 9.64 Å².